The summed E-state index contributed by atoms with van der Waals surface area (Å²) >= 11 is 0. The Morgan fingerprint density at radius 3 is 2.17 bits per heavy atom. The standard InChI is InChI=1S/C16H22N2/c17-18-15-3-1-2-14(7-15)16-8-11-4-12(9-16)6-13(5-11)10-16/h1-3,7,11-13,18H,4-6,8-10,17H2. The van der Waals surface area contributed by atoms with Gasteiger partial charge in [-0.15, -0.1) is 0 Å². The van der Waals surface area contributed by atoms with Gasteiger partial charge in [-0.2, -0.15) is 0 Å². The van der Waals surface area contributed by atoms with Crippen LogP contribution in [0.5, 0.6) is 0 Å². The van der Waals surface area contributed by atoms with Crippen molar-refractivity contribution in [1.29, 1.82) is 0 Å². The van der Waals surface area contributed by atoms with E-state index in [2.05, 4.69) is 29.7 Å². The minimum Gasteiger partial charge on any atom is -0.324 e. The predicted molar refractivity (Wildman–Crippen MR) is 74.1 cm³/mol. The highest BCUT2D eigenvalue weighted by Crippen LogP contribution is 2.60. The third-order valence-electron chi connectivity index (χ3n) is 5.68. The number of hydrogen-bond acceptors (Lipinski definition) is 2. The van der Waals surface area contributed by atoms with E-state index < -0.39 is 0 Å². The summed E-state index contributed by atoms with van der Waals surface area (Å²) in [6.45, 7) is 0. The van der Waals surface area contributed by atoms with Crippen molar-refractivity contribution < 1.29 is 0 Å². The molecular formula is C16H22N2. The van der Waals surface area contributed by atoms with Gasteiger partial charge in [-0.05, 0) is 79.4 Å². The monoisotopic (exact) mass is 242 g/mol. The fraction of sp³-hybridized carbons (Fsp3) is 0.625. The zero-order valence-electron chi connectivity index (χ0n) is 10.9. The van der Waals surface area contributed by atoms with Gasteiger partial charge in [0.25, 0.3) is 0 Å². The van der Waals surface area contributed by atoms with Crippen molar-refractivity contribution in [1.82, 2.24) is 0 Å². The van der Waals surface area contributed by atoms with Crippen molar-refractivity contribution in [2.45, 2.75) is 43.9 Å². The van der Waals surface area contributed by atoms with Crippen molar-refractivity contribution in [2.75, 3.05) is 5.43 Å². The zero-order chi connectivity index (χ0) is 12.2. The molecule has 4 saturated carbocycles. The van der Waals surface area contributed by atoms with Gasteiger partial charge in [-0.1, -0.05) is 12.1 Å². The van der Waals surface area contributed by atoms with E-state index in [4.69, 9.17) is 5.84 Å². The summed E-state index contributed by atoms with van der Waals surface area (Å²) in [7, 11) is 0. The Morgan fingerprint density at radius 1 is 1.00 bits per heavy atom. The Labute approximate surface area is 109 Å². The minimum absolute atomic E-state index is 0.488. The number of hydrogen-bond donors (Lipinski definition) is 2. The lowest BCUT2D eigenvalue weighted by Gasteiger charge is -2.57. The van der Waals surface area contributed by atoms with Crippen LogP contribution in [0.25, 0.3) is 0 Å². The lowest BCUT2D eigenvalue weighted by molar-refractivity contribution is -0.00516. The maximum absolute atomic E-state index is 5.56. The van der Waals surface area contributed by atoms with Gasteiger partial charge in [-0.25, -0.2) is 0 Å². The maximum Gasteiger partial charge on any atom is 0.0488 e. The third-order valence-corrected chi connectivity index (χ3v) is 5.68. The van der Waals surface area contributed by atoms with Gasteiger partial charge >= 0.3 is 0 Å². The molecule has 2 heteroatoms. The molecule has 4 aliphatic carbocycles. The Balaban J connectivity index is 1.74. The highest BCUT2D eigenvalue weighted by Gasteiger charge is 2.51. The molecule has 96 valence electrons. The summed E-state index contributed by atoms with van der Waals surface area (Å²) in [4.78, 5) is 0. The number of nitrogen functional groups attached to an aromatic ring is 1. The van der Waals surface area contributed by atoms with Gasteiger partial charge in [-0.3, -0.25) is 5.84 Å². The van der Waals surface area contributed by atoms with E-state index in [0.29, 0.717) is 5.41 Å². The van der Waals surface area contributed by atoms with Crippen molar-refractivity contribution in [3.05, 3.63) is 29.8 Å². The summed E-state index contributed by atoms with van der Waals surface area (Å²) in [5, 5.41) is 0. The van der Waals surface area contributed by atoms with Crippen LogP contribution in [-0.4, -0.2) is 0 Å². The van der Waals surface area contributed by atoms with Crippen LogP contribution in [-0.2, 0) is 5.41 Å². The van der Waals surface area contributed by atoms with E-state index in [-0.39, 0.29) is 0 Å². The van der Waals surface area contributed by atoms with Crippen LogP contribution in [0.4, 0.5) is 5.69 Å². The summed E-state index contributed by atoms with van der Waals surface area (Å²) < 4.78 is 0. The van der Waals surface area contributed by atoms with Crippen molar-refractivity contribution in [3.8, 4) is 0 Å². The molecule has 4 bridgehead atoms. The number of nitrogens with two attached hydrogens (primary N) is 1. The molecule has 4 fully saturated rings. The lowest BCUT2D eigenvalue weighted by atomic mass is 9.48. The molecule has 18 heavy (non-hydrogen) atoms. The van der Waals surface area contributed by atoms with Crippen molar-refractivity contribution in [2.24, 2.45) is 23.6 Å². The minimum atomic E-state index is 0.488. The van der Waals surface area contributed by atoms with Crippen molar-refractivity contribution in [3.63, 3.8) is 0 Å². The fourth-order valence-corrected chi connectivity index (χ4v) is 5.40. The fourth-order valence-electron chi connectivity index (χ4n) is 5.40. The van der Waals surface area contributed by atoms with E-state index in [1.165, 1.54) is 44.1 Å². The Morgan fingerprint density at radius 2 is 1.61 bits per heavy atom. The first kappa shape index (κ1) is 10.9. The second-order valence-electron chi connectivity index (χ2n) is 6.92. The van der Waals surface area contributed by atoms with E-state index in [1.807, 2.05) is 0 Å². The van der Waals surface area contributed by atoms with Crippen LogP contribution in [0, 0.1) is 17.8 Å². The van der Waals surface area contributed by atoms with Crippen LogP contribution in [0.2, 0.25) is 0 Å². The lowest BCUT2D eigenvalue weighted by Crippen LogP contribution is -2.48. The molecule has 0 saturated heterocycles. The summed E-state index contributed by atoms with van der Waals surface area (Å²) in [6.07, 6.45) is 8.79. The largest absolute Gasteiger partial charge is 0.324 e. The van der Waals surface area contributed by atoms with E-state index in [9.17, 15) is 0 Å². The number of nitrogens with one attached hydrogen (secondary N) is 1. The van der Waals surface area contributed by atoms with Crippen molar-refractivity contribution >= 4 is 5.69 Å². The second-order valence-corrected chi connectivity index (χ2v) is 6.92. The van der Waals surface area contributed by atoms with Crippen LogP contribution in [0.1, 0.15) is 44.1 Å². The summed E-state index contributed by atoms with van der Waals surface area (Å²) in [5.74, 6) is 8.58. The first-order valence-corrected chi connectivity index (χ1v) is 7.34. The first-order chi connectivity index (χ1) is 8.77. The molecule has 0 unspecified atom stereocenters. The van der Waals surface area contributed by atoms with E-state index in [1.54, 1.807) is 0 Å². The van der Waals surface area contributed by atoms with Gasteiger partial charge in [0, 0.05) is 5.69 Å². The normalized spacial score (nSPS) is 41.1. The molecule has 0 atom stereocenters. The SMILES string of the molecule is NNc1cccc(C23CC4CC(CC(C4)C2)C3)c1. The number of benzene rings is 1. The summed E-state index contributed by atoms with van der Waals surface area (Å²) in [5.41, 5.74) is 5.88. The Kier molecular flexibility index (Phi) is 2.25. The molecule has 0 aliphatic heterocycles. The highest BCUT2D eigenvalue weighted by atomic mass is 15.2. The zero-order valence-corrected chi connectivity index (χ0v) is 10.9. The second kappa shape index (κ2) is 3.74. The molecule has 4 aliphatic rings. The van der Waals surface area contributed by atoms with Crippen LogP contribution < -0.4 is 11.3 Å². The maximum atomic E-state index is 5.56. The topological polar surface area (TPSA) is 38.0 Å². The molecule has 2 nitrogen and oxygen atoms in total. The highest BCUT2D eigenvalue weighted by molar-refractivity contribution is 5.47. The van der Waals surface area contributed by atoms with Gasteiger partial charge in [0.05, 0.1) is 0 Å². The smallest absolute Gasteiger partial charge is 0.0488 e. The molecule has 0 amide bonds. The Hall–Kier alpha value is -1.02. The number of rotatable bonds is 2. The Bertz CT molecular complexity index is 431. The molecule has 0 heterocycles. The molecule has 1 aromatic rings. The third kappa shape index (κ3) is 1.51. The quantitative estimate of drug-likeness (QED) is 0.616. The summed E-state index contributed by atoms with van der Waals surface area (Å²) in [6, 6.07) is 8.83. The molecule has 1 aromatic carbocycles. The molecule has 0 aromatic heterocycles. The van der Waals surface area contributed by atoms with Crippen LogP contribution in [0.3, 0.4) is 0 Å². The average Bonchev–Trinajstić information content (AvgIpc) is 2.37. The molecular weight excluding hydrogens is 220 g/mol. The molecule has 5 rings (SSSR count). The van der Waals surface area contributed by atoms with Gasteiger partial charge in [0.15, 0.2) is 0 Å². The number of hydrazine groups is 1. The number of anilines is 1. The van der Waals surface area contributed by atoms with Crippen LogP contribution >= 0.6 is 0 Å². The van der Waals surface area contributed by atoms with Crippen LogP contribution in [0.15, 0.2) is 24.3 Å². The van der Waals surface area contributed by atoms with E-state index in [0.717, 1.165) is 23.4 Å². The molecule has 0 radical (unpaired) electrons. The average molecular weight is 242 g/mol. The van der Waals surface area contributed by atoms with Gasteiger partial charge in [0.1, 0.15) is 0 Å². The van der Waals surface area contributed by atoms with Gasteiger partial charge in [0.2, 0.25) is 0 Å². The van der Waals surface area contributed by atoms with Gasteiger partial charge < -0.3 is 5.43 Å². The van der Waals surface area contributed by atoms with E-state index >= 15 is 0 Å². The molecule has 0 spiro atoms. The first-order valence-electron chi connectivity index (χ1n) is 7.34. The predicted octanol–water partition coefficient (Wildman–Crippen LogP) is 3.44. The molecule has 3 N–H and O–H groups in total.